The van der Waals surface area contributed by atoms with Crippen LogP contribution in [-0.4, -0.2) is 17.6 Å². The number of para-hydroxylation sites is 1. The van der Waals surface area contributed by atoms with E-state index in [2.05, 4.69) is 5.32 Å². The van der Waals surface area contributed by atoms with Gasteiger partial charge in [-0.15, -0.1) is 0 Å². The van der Waals surface area contributed by atoms with Crippen LogP contribution in [0.15, 0.2) is 24.3 Å². The Morgan fingerprint density at radius 2 is 2.14 bits per heavy atom. The minimum atomic E-state index is -0.417. The van der Waals surface area contributed by atoms with Crippen molar-refractivity contribution < 1.29 is 9.53 Å². The topological polar surface area (TPSA) is 64.4 Å². The average molecular weight is 302 g/mol. The van der Waals surface area contributed by atoms with Gasteiger partial charge in [-0.3, -0.25) is 4.79 Å². The lowest BCUT2D eigenvalue weighted by Crippen LogP contribution is -2.47. The molecule has 1 aromatic carbocycles. The highest BCUT2D eigenvalue weighted by Crippen LogP contribution is 2.46. The van der Waals surface area contributed by atoms with E-state index in [1.807, 2.05) is 31.2 Å². The molecule has 3 N–H and O–H groups in total. The van der Waals surface area contributed by atoms with Crippen LogP contribution in [0.1, 0.15) is 63.5 Å². The summed E-state index contributed by atoms with van der Waals surface area (Å²) in [4.78, 5) is 12.3. The average Bonchev–Trinajstić information content (AvgIpc) is 2.95. The lowest BCUT2D eigenvalue weighted by Gasteiger charge is -2.40. The van der Waals surface area contributed by atoms with Gasteiger partial charge in [0.1, 0.15) is 11.4 Å². The van der Waals surface area contributed by atoms with Crippen LogP contribution in [0.25, 0.3) is 0 Å². The Morgan fingerprint density at radius 1 is 1.41 bits per heavy atom. The molecule has 1 amide bonds. The van der Waals surface area contributed by atoms with E-state index in [0.717, 1.165) is 43.4 Å². The zero-order valence-corrected chi connectivity index (χ0v) is 13.3. The van der Waals surface area contributed by atoms with Gasteiger partial charge in [0.05, 0.1) is 12.1 Å². The van der Waals surface area contributed by atoms with Crippen LogP contribution in [0.4, 0.5) is 0 Å². The Labute approximate surface area is 132 Å². The molecule has 22 heavy (non-hydrogen) atoms. The number of benzene rings is 1. The van der Waals surface area contributed by atoms with Crippen molar-refractivity contribution in [1.82, 2.24) is 5.32 Å². The number of carbonyl (C=O) groups is 1. The van der Waals surface area contributed by atoms with Crippen molar-refractivity contribution in [3.8, 4) is 5.75 Å². The van der Waals surface area contributed by atoms with E-state index in [1.165, 1.54) is 12.8 Å². The summed E-state index contributed by atoms with van der Waals surface area (Å²) >= 11 is 0. The van der Waals surface area contributed by atoms with Crippen molar-refractivity contribution in [3.63, 3.8) is 0 Å². The summed E-state index contributed by atoms with van der Waals surface area (Å²) in [6.45, 7) is 2.05. The molecule has 1 saturated carbocycles. The highest BCUT2D eigenvalue weighted by molar-refractivity contribution is 5.82. The fourth-order valence-corrected chi connectivity index (χ4v) is 3.79. The molecule has 1 aliphatic carbocycles. The molecule has 1 spiro atoms. The number of carbonyl (C=O) groups excluding carboxylic acids is 1. The summed E-state index contributed by atoms with van der Waals surface area (Å²) in [5, 5.41) is 3.17. The zero-order chi connectivity index (χ0) is 15.6. The van der Waals surface area contributed by atoms with Crippen molar-refractivity contribution in [2.24, 2.45) is 5.73 Å². The molecular formula is C18H26N2O2. The summed E-state index contributed by atoms with van der Waals surface area (Å²) in [5.74, 6) is 0.877. The van der Waals surface area contributed by atoms with Gasteiger partial charge in [-0.2, -0.15) is 0 Å². The summed E-state index contributed by atoms with van der Waals surface area (Å²) in [5.41, 5.74) is 6.95. The SMILES string of the molecule is CCCC(N)C(=O)NC1CC2(CCCC2)Oc2ccccc21. The molecule has 1 aliphatic heterocycles. The molecular weight excluding hydrogens is 276 g/mol. The first kappa shape index (κ1) is 15.3. The van der Waals surface area contributed by atoms with Gasteiger partial charge in [0, 0.05) is 12.0 Å². The van der Waals surface area contributed by atoms with E-state index in [0.29, 0.717) is 0 Å². The molecule has 0 saturated heterocycles. The molecule has 4 nitrogen and oxygen atoms in total. The van der Waals surface area contributed by atoms with Gasteiger partial charge in [-0.05, 0) is 38.2 Å². The van der Waals surface area contributed by atoms with Gasteiger partial charge < -0.3 is 15.8 Å². The Balaban J connectivity index is 1.81. The number of ether oxygens (including phenoxy) is 1. The zero-order valence-electron chi connectivity index (χ0n) is 13.3. The number of nitrogens with one attached hydrogen (secondary N) is 1. The first-order chi connectivity index (χ1) is 10.6. The maximum atomic E-state index is 12.3. The Kier molecular flexibility index (Phi) is 4.39. The van der Waals surface area contributed by atoms with Gasteiger partial charge in [0.25, 0.3) is 0 Å². The number of rotatable bonds is 4. The molecule has 3 rings (SSSR count). The van der Waals surface area contributed by atoms with Crippen LogP contribution < -0.4 is 15.8 Å². The maximum Gasteiger partial charge on any atom is 0.237 e. The first-order valence-corrected chi connectivity index (χ1v) is 8.47. The second-order valence-electron chi connectivity index (χ2n) is 6.69. The van der Waals surface area contributed by atoms with Crippen molar-refractivity contribution in [2.75, 3.05) is 0 Å². The predicted octanol–water partition coefficient (Wildman–Crippen LogP) is 3.07. The lowest BCUT2D eigenvalue weighted by molar-refractivity contribution is -0.123. The van der Waals surface area contributed by atoms with Crippen LogP contribution in [0.5, 0.6) is 5.75 Å². The highest BCUT2D eigenvalue weighted by Gasteiger charge is 2.43. The van der Waals surface area contributed by atoms with Crippen LogP contribution in [0, 0.1) is 0 Å². The Hall–Kier alpha value is -1.55. The molecule has 1 aromatic rings. The predicted molar refractivity (Wildman–Crippen MR) is 86.7 cm³/mol. The van der Waals surface area contributed by atoms with E-state index in [9.17, 15) is 4.79 Å². The molecule has 2 aliphatic rings. The number of hydrogen-bond donors (Lipinski definition) is 2. The molecule has 1 fully saturated rings. The smallest absolute Gasteiger partial charge is 0.237 e. The third kappa shape index (κ3) is 2.98. The van der Waals surface area contributed by atoms with Crippen LogP contribution in [0.2, 0.25) is 0 Å². The summed E-state index contributed by atoms with van der Waals surface area (Å²) in [6.07, 6.45) is 7.07. The highest BCUT2D eigenvalue weighted by atomic mass is 16.5. The summed E-state index contributed by atoms with van der Waals surface area (Å²) in [6, 6.07) is 7.65. The summed E-state index contributed by atoms with van der Waals surface area (Å²) in [7, 11) is 0. The monoisotopic (exact) mass is 302 g/mol. The number of fused-ring (bicyclic) bond motifs is 1. The second-order valence-corrected chi connectivity index (χ2v) is 6.69. The quantitative estimate of drug-likeness (QED) is 0.898. The molecule has 120 valence electrons. The minimum absolute atomic E-state index is 0.0125. The molecule has 2 atom stereocenters. The Bertz CT molecular complexity index is 538. The number of nitrogens with two attached hydrogens (primary N) is 1. The molecule has 0 bridgehead atoms. The van der Waals surface area contributed by atoms with E-state index in [1.54, 1.807) is 0 Å². The van der Waals surface area contributed by atoms with Gasteiger partial charge in [0.2, 0.25) is 5.91 Å². The standard InChI is InChI=1S/C18H26N2O2/c1-2-7-14(19)17(21)20-15-12-18(10-5-6-11-18)22-16-9-4-3-8-13(15)16/h3-4,8-9,14-15H,2,5-7,10-12,19H2,1H3,(H,20,21). The van der Waals surface area contributed by atoms with Crippen LogP contribution in [0.3, 0.4) is 0 Å². The molecule has 4 heteroatoms. The Morgan fingerprint density at radius 3 is 2.86 bits per heavy atom. The lowest BCUT2D eigenvalue weighted by atomic mass is 9.85. The van der Waals surface area contributed by atoms with Gasteiger partial charge >= 0.3 is 0 Å². The normalized spacial score (nSPS) is 23.6. The van der Waals surface area contributed by atoms with Crippen LogP contribution in [-0.2, 0) is 4.79 Å². The van der Waals surface area contributed by atoms with Gasteiger partial charge in [-0.1, -0.05) is 31.5 Å². The molecule has 0 aromatic heterocycles. The van der Waals surface area contributed by atoms with Gasteiger partial charge in [-0.25, -0.2) is 0 Å². The van der Waals surface area contributed by atoms with Gasteiger partial charge in [0.15, 0.2) is 0 Å². The van der Waals surface area contributed by atoms with E-state index in [-0.39, 0.29) is 17.6 Å². The third-order valence-electron chi connectivity index (χ3n) is 4.96. The molecule has 0 radical (unpaired) electrons. The summed E-state index contributed by atoms with van der Waals surface area (Å²) < 4.78 is 6.32. The van der Waals surface area contributed by atoms with Crippen LogP contribution >= 0.6 is 0 Å². The number of hydrogen-bond acceptors (Lipinski definition) is 3. The first-order valence-electron chi connectivity index (χ1n) is 8.47. The molecule has 1 heterocycles. The van der Waals surface area contributed by atoms with E-state index >= 15 is 0 Å². The third-order valence-corrected chi connectivity index (χ3v) is 4.96. The fourth-order valence-electron chi connectivity index (χ4n) is 3.79. The maximum absolute atomic E-state index is 12.3. The van der Waals surface area contributed by atoms with E-state index in [4.69, 9.17) is 10.5 Å². The van der Waals surface area contributed by atoms with Crippen molar-refractivity contribution in [2.45, 2.75) is 69.6 Å². The van der Waals surface area contributed by atoms with Crippen molar-refractivity contribution in [3.05, 3.63) is 29.8 Å². The minimum Gasteiger partial charge on any atom is -0.487 e. The second kappa shape index (κ2) is 6.29. The fraction of sp³-hybridized carbons (Fsp3) is 0.611. The largest absolute Gasteiger partial charge is 0.487 e. The van der Waals surface area contributed by atoms with E-state index < -0.39 is 6.04 Å². The number of amides is 1. The molecule has 2 unspecified atom stereocenters. The van der Waals surface area contributed by atoms with Crippen molar-refractivity contribution >= 4 is 5.91 Å². The van der Waals surface area contributed by atoms with Crippen molar-refractivity contribution in [1.29, 1.82) is 0 Å².